The number of hydrogen-bond donors (Lipinski definition) is 1. The molecule has 2 aliphatic rings. The molecule has 2 fully saturated rings. The van der Waals surface area contributed by atoms with E-state index in [1.54, 1.807) is 11.3 Å². The van der Waals surface area contributed by atoms with Gasteiger partial charge in [0.1, 0.15) is 0 Å². The molecule has 3 rings (SSSR count). The quantitative estimate of drug-likeness (QED) is 0.851. The van der Waals surface area contributed by atoms with Gasteiger partial charge in [-0.3, -0.25) is 0 Å². The van der Waals surface area contributed by atoms with Crippen LogP contribution in [0.5, 0.6) is 0 Å². The summed E-state index contributed by atoms with van der Waals surface area (Å²) in [6.45, 7) is 2.94. The summed E-state index contributed by atoms with van der Waals surface area (Å²) in [5, 5.41) is 6.85. The fraction of sp³-hybridized carbons (Fsp3) is 0.727. The van der Waals surface area contributed by atoms with Crippen LogP contribution in [0.25, 0.3) is 0 Å². The Bertz CT molecular complexity index is 352. The van der Waals surface area contributed by atoms with E-state index in [1.807, 2.05) is 0 Å². The maximum atomic E-state index is 5.80. The largest absolute Gasteiger partial charge is 0.373 e. The first-order valence-corrected chi connectivity index (χ1v) is 6.49. The van der Waals surface area contributed by atoms with E-state index in [2.05, 4.69) is 22.6 Å². The maximum Gasteiger partial charge on any atom is 0.0897 e. The van der Waals surface area contributed by atoms with E-state index >= 15 is 0 Å². The zero-order valence-electron chi connectivity index (χ0n) is 8.90. The Hall–Kier alpha value is -0.450. The smallest absolute Gasteiger partial charge is 0.0897 e. The van der Waals surface area contributed by atoms with E-state index in [1.165, 1.54) is 25.0 Å². The summed E-state index contributed by atoms with van der Waals surface area (Å²) < 4.78 is 5.80. The zero-order chi connectivity index (χ0) is 10.3. The Balaban J connectivity index is 1.54. The number of fused-ring (bicyclic) bond motifs is 2. The Kier molecular flexibility index (Phi) is 2.50. The minimum atomic E-state index is 0.467. The summed E-state index contributed by atoms with van der Waals surface area (Å²) in [6.07, 6.45) is 4.68. The number of aryl methyl sites for hydroxylation is 1. The molecule has 3 heterocycles. The van der Waals surface area contributed by atoms with Crippen LogP contribution in [0.1, 0.15) is 30.0 Å². The van der Waals surface area contributed by atoms with Crippen molar-refractivity contribution < 1.29 is 4.74 Å². The molecule has 15 heavy (non-hydrogen) atoms. The number of aromatic nitrogens is 1. The minimum absolute atomic E-state index is 0.467. The zero-order valence-corrected chi connectivity index (χ0v) is 9.72. The van der Waals surface area contributed by atoms with Gasteiger partial charge in [0.25, 0.3) is 0 Å². The van der Waals surface area contributed by atoms with Crippen LogP contribution in [0, 0.1) is 6.92 Å². The lowest BCUT2D eigenvalue weighted by molar-refractivity contribution is 0.0972. The normalized spacial score (nSPS) is 33.8. The Morgan fingerprint density at radius 1 is 1.60 bits per heavy atom. The summed E-state index contributed by atoms with van der Waals surface area (Å²) in [5.41, 5.74) is 1.17. The predicted octanol–water partition coefficient (Wildman–Crippen LogP) is 1.86. The Morgan fingerprint density at radius 2 is 2.53 bits per heavy atom. The second-order valence-electron chi connectivity index (χ2n) is 4.45. The fourth-order valence-corrected chi connectivity index (χ4v) is 3.19. The van der Waals surface area contributed by atoms with Crippen molar-refractivity contribution >= 4 is 11.3 Å². The molecular weight excluding hydrogens is 208 g/mol. The fourth-order valence-electron chi connectivity index (χ4n) is 2.58. The van der Waals surface area contributed by atoms with Crippen LogP contribution in [-0.2, 0) is 11.3 Å². The van der Waals surface area contributed by atoms with Crippen molar-refractivity contribution in [2.24, 2.45) is 0 Å². The molecule has 0 saturated carbocycles. The van der Waals surface area contributed by atoms with Gasteiger partial charge in [0.2, 0.25) is 0 Å². The molecule has 2 bridgehead atoms. The van der Waals surface area contributed by atoms with Gasteiger partial charge in [0.15, 0.2) is 0 Å². The van der Waals surface area contributed by atoms with E-state index in [0.29, 0.717) is 18.2 Å². The summed E-state index contributed by atoms with van der Waals surface area (Å²) in [7, 11) is 0. The number of thiazole rings is 1. The van der Waals surface area contributed by atoms with Crippen molar-refractivity contribution in [1.29, 1.82) is 0 Å². The highest BCUT2D eigenvalue weighted by Crippen LogP contribution is 2.34. The van der Waals surface area contributed by atoms with Gasteiger partial charge < -0.3 is 10.1 Å². The molecule has 3 nitrogen and oxygen atoms in total. The van der Waals surface area contributed by atoms with Crippen LogP contribution < -0.4 is 5.32 Å². The lowest BCUT2D eigenvalue weighted by Gasteiger charge is -2.19. The molecule has 3 atom stereocenters. The van der Waals surface area contributed by atoms with Gasteiger partial charge in [-0.15, -0.1) is 11.3 Å². The van der Waals surface area contributed by atoms with E-state index in [0.717, 1.165) is 11.6 Å². The van der Waals surface area contributed by atoms with Crippen LogP contribution in [0.15, 0.2) is 5.38 Å². The monoisotopic (exact) mass is 224 g/mol. The molecule has 1 aromatic rings. The van der Waals surface area contributed by atoms with Crippen LogP contribution in [-0.4, -0.2) is 23.2 Å². The first-order valence-electron chi connectivity index (χ1n) is 5.61. The van der Waals surface area contributed by atoms with Crippen molar-refractivity contribution in [3.63, 3.8) is 0 Å². The SMILES string of the molecule is Cc1nc(CNC2CC3CCC2O3)cs1. The lowest BCUT2D eigenvalue weighted by atomic mass is 9.95. The molecule has 0 amide bonds. The summed E-state index contributed by atoms with van der Waals surface area (Å²) in [4.78, 5) is 4.45. The lowest BCUT2D eigenvalue weighted by Crippen LogP contribution is -2.37. The predicted molar refractivity (Wildman–Crippen MR) is 60.0 cm³/mol. The third kappa shape index (κ3) is 1.94. The number of nitrogens with one attached hydrogen (secondary N) is 1. The van der Waals surface area contributed by atoms with E-state index < -0.39 is 0 Å². The molecule has 0 spiro atoms. The van der Waals surface area contributed by atoms with E-state index in [9.17, 15) is 0 Å². The third-order valence-corrected chi connectivity index (χ3v) is 4.14. The number of rotatable bonds is 3. The van der Waals surface area contributed by atoms with Crippen molar-refractivity contribution in [3.05, 3.63) is 16.1 Å². The molecule has 1 N–H and O–H groups in total. The third-order valence-electron chi connectivity index (χ3n) is 3.32. The number of hydrogen-bond acceptors (Lipinski definition) is 4. The van der Waals surface area contributed by atoms with Gasteiger partial charge in [-0.25, -0.2) is 4.98 Å². The van der Waals surface area contributed by atoms with Gasteiger partial charge in [-0.2, -0.15) is 0 Å². The molecule has 82 valence electrons. The van der Waals surface area contributed by atoms with Crippen LogP contribution >= 0.6 is 11.3 Å². The minimum Gasteiger partial charge on any atom is -0.373 e. The molecule has 2 saturated heterocycles. The van der Waals surface area contributed by atoms with Gasteiger partial charge in [0, 0.05) is 18.0 Å². The molecule has 0 aromatic carbocycles. The Morgan fingerprint density at radius 3 is 3.13 bits per heavy atom. The summed E-state index contributed by atoms with van der Waals surface area (Å²) in [5.74, 6) is 0. The van der Waals surface area contributed by atoms with Crippen LogP contribution in [0.2, 0.25) is 0 Å². The molecule has 2 aliphatic heterocycles. The number of nitrogens with zero attached hydrogens (tertiary/aromatic N) is 1. The Labute approximate surface area is 93.9 Å². The second-order valence-corrected chi connectivity index (χ2v) is 5.52. The average molecular weight is 224 g/mol. The van der Waals surface area contributed by atoms with Crippen molar-refractivity contribution in [2.45, 2.75) is 51.0 Å². The van der Waals surface area contributed by atoms with Crippen molar-refractivity contribution in [3.8, 4) is 0 Å². The second kappa shape index (κ2) is 3.85. The van der Waals surface area contributed by atoms with Crippen molar-refractivity contribution in [2.75, 3.05) is 0 Å². The topological polar surface area (TPSA) is 34.2 Å². The molecule has 0 radical (unpaired) electrons. The van der Waals surface area contributed by atoms with E-state index in [-0.39, 0.29) is 0 Å². The molecule has 0 aliphatic carbocycles. The van der Waals surface area contributed by atoms with Crippen molar-refractivity contribution in [1.82, 2.24) is 10.3 Å². The standard InChI is InChI=1S/C11H16N2OS/c1-7-13-8(6-15-7)5-12-10-4-9-2-3-11(10)14-9/h6,9-12H,2-5H2,1H3. The van der Waals surface area contributed by atoms with Gasteiger partial charge >= 0.3 is 0 Å². The first kappa shape index (κ1) is 9.75. The summed E-state index contributed by atoms with van der Waals surface area (Å²) in [6, 6.07) is 0.561. The highest BCUT2D eigenvalue weighted by atomic mass is 32.1. The molecular formula is C11H16N2OS. The first-order chi connectivity index (χ1) is 7.31. The molecule has 3 unspecified atom stereocenters. The van der Waals surface area contributed by atoms with Crippen LogP contribution in [0.4, 0.5) is 0 Å². The average Bonchev–Trinajstić information content (AvgIpc) is 2.90. The molecule has 4 heteroatoms. The van der Waals surface area contributed by atoms with Gasteiger partial charge in [0.05, 0.1) is 22.9 Å². The van der Waals surface area contributed by atoms with Gasteiger partial charge in [-0.05, 0) is 26.2 Å². The molecule has 1 aromatic heterocycles. The highest BCUT2D eigenvalue weighted by Gasteiger charge is 2.40. The number of ether oxygens (including phenoxy) is 1. The maximum absolute atomic E-state index is 5.80. The van der Waals surface area contributed by atoms with Gasteiger partial charge in [-0.1, -0.05) is 0 Å². The van der Waals surface area contributed by atoms with E-state index in [4.69, 9.17) is 4.74 Å². The van der Waals surface area contributed by atoms with Crippen LogP contribution in [0.3, 0.4) is 0 Å². The summed E-state index contributed by atoms with van der Waals surface area (Å²) >= 11 is 1.72. The highest BCUT2D eigenvalue weighted by molar-refractivity contribution is 7.09.